The average molecular weight is 340 g/mol. The van der Waals surface area contributed by atoms with Gasteiger partial charge in [0, 0.05) is 0 Å². The van der Waals surface area contributed by atoms with Crippen LogP contribution >= 0.6 is 11.6 Å². The molecule has 1 aliphatic heterocycles. The zero-order chi connectivity index (χ0) is 15.0. The van der Waals surface area contributed by atoms with E-state index in [1.165, 1.54) is 31.4 Å². The number of alkyl halides is 1. The van der Waals surface area contributed by atoms with Crippen molar-refractivity contribution in [1.82, 2.24) is 4.72 Å². The molecule has 0 radical (unpaired) electrons. The van der Waals surface area contributed by atoms with E-state index in [4.69, 9.17) is 16.3 Å². The van der Waals surface area contributed by atoms with Gasteiger partial charge in [0.1, 0.15) is 5.75 Å². The largest absolute Gasteiger partial charge is 0.497 e. The third-order valence-electron chi connectivity index (χ3n) is 2.96. The SMILES string of the molecule is COc1ccc(S(=O)(=O)N[C@H]2CS(=O)(=O)C[C@H]2Cl)cc1. The van der Waals surface area contributed by atoms with Gasteiger partial charge in [0.05, 0.1) is 34.9 Å². The summed E-state index contributed by atoms with van der Waals surface area (Å²) in [5.74, 6) is 0.0311. The highest BCUT2D eigenvalue weighted by Crippen LogP contribution is 2.21. The van der Waals surface area contributed by atoms with Crippen LogP contribution in [0.5, 0.6) is 5.75 Å². The van der Waals surface area contributed by atoms with E-state index in [-0.39, 0.29) is 16.4 Å². The number of methoxy groups -OCH3 is 1. The number of ether oxygens (including phenoxy) is 1. The molecule has 1 aliphatic rings. The maximum Gasteiger partial charge on any atom is 0.240 e. The van der Waals surface area contributed by atoms with E-state index in [0.29, 0.717) is 5.75 Å². The maximum absolute atomic E-state index is 12.1. The second-order valence-corrected chi connectivity index (χ2v) is 8.92. The molecular weight excluding hydrogens is 326 g/mol. The lowest BCUT2D eigenvalue weighted by molar-refractivity contribution is 0.414. The molecule has 6 nitrogen and oxygen atoms in total. The summed E-state index contributed by atoms with van der Waals surface area (Å²) in [6.45, 7) is 0. The Morgan fingerprint density at radius 1 is 1.25 bits per heavy atom. The number of sulfonamides is 1. The monoisotopic (exact) mass is 339 g/mol. The minimum atomic E-state index is -3.81. The van der Waals surface area contributed by atoms with Crippen molar-refractivity contribution in [3.8, 4) is 5.75 Å². The van der Waals surface area contributed by atoms with Crippen LogP contribution in [0.1, 0.15) is 0 Å². The molecule has 2 rings (SSSR count). The average Bonchev–Trinajstić information content (AvgIpc) is 2.61. The third-order valence-corrected chi connectivity index (χ3v) is 6.84. The first-order chi connectivity index (χ1) is 9.23. The first-order valence-corrected chi connectivity index (χ1v) is 9.48. The predicted octanol–water partition coefficient (Wildman–Crippen LogP) is 0.378. The lowest BCUT2D eigenvalue weighted by Crippen LogP contribution is -2.40. The molecule has 9 heteroatoms. The normalized spacial score (nSPS) is 25.5. The van der Waals surface area contributed by atoms with Gasteiger partial charge in [-0.05, 0) is 24.3 Å². The van der Waals surface area contributed by atoms with Crippen molar-refractivity contribution in [3.05, 3.63) is 24.3 Å². The van der Waals surface area contributed by atoms with E-state index in [1.54, 1.807) is 0 Å². The van der Waals surface area contributed by atoms with Gasteiger partial charge < -0.3 is 4.74 Å². The molecular formula is C11H14ClNO5S2. The summed E-state index contributed by atoms with van der Waals surface area (Å²) in [4.78, 5) is 0.0338. The van der Waals surface area contributed by atoms with Crippen LogP contribution in [-0.2, 0) is 19.9 Å². The molecule has 0 aliphatic carbocycles. The Hall–Kier alpha value is -0.830. The summed E-state index contributed by atoms with van der Waals surface area (Å²) in [6.07, 6.45) is 0. The first-order valence-electron chi connectivity index (χ1n) is 5.74. The number of rotatable bonds is 4. The highest BCUT2D eigenvalue weighted by Gasteiger charge is 2.38. The lowest BCUT2D eigenvalue weighted by atomic mass is 10.3. The van der Waals surface area contributed by atoms with Crippen molar-refractivity contribution >= 4 is 31.5 Å². The fourth-order valence-corrected chi connectivity index (χ4v) is 5.94. The Bertz CT molecular complexity index is 684. The summed E-state index contributed by atoms with van der Waals surface area (Å²) in [6, 6.07) is 4.98. The number of benzene rings is 1. The molecule has 1 saturated heterocycles. The summed E-state index contributed by atoms with van der Waals surface area (Å²) in [7, 11) is -5.62. The summed E-state index contributed by atoms with van der Waals surface area (Å²) >= 11 is 5.88. The highest BCUT2D eigenvalue weighted by atomic mass is 35.5. The van der Waals surface area contributed by atoms with Crippen LogP contribution in [0.15, 0.2) is 29.2 Å². The number of hydrogen-bond acceptors (Lipinski definition) is 5. The van der Waals surface area contributed by atoms with Gasteiger partial charge in [0.15, 0.2) is 9.84 Å². The van der Waals surface area contributed by atoms with Gasteiger partial charge in [0.2, 0.25) is 10.0 Å². The summed E-state index contributed by atoms with van der Waals surface area (Å²) in [5.41, 5.74) is 0. The summed E-state index contributed by atoms with van der Waals surface area (Å²) in [5, 5.41) is -0.756. The molecule has 0 bridgehead atoms. The number of nitrogens with one attached hydrogen (secondary N) is 1. The van der Waals surface area contributed by atoms with Gasteiger partial charge >= 0.3 is 0 Å². The van der Waals surface area contributed by atoms with Crippen LogP contribution in [0.3, 0.4) is 0 Å². The fraction of sp³-hybridized carbons (Fsp3) is 0.455. The molecule has 0 amide bonds. The molecule has 2 atom stereocenters. The standard InChI is InChI=1S/C11H14ClNO5S2/c1-18-8-2-4-9(5-3-8)20(16,17)13-11-7-19(14,15)6-10(11)12/h2-5,10-11,13H,6-7H2,1H3/t10-,11+/m1/s1. The van der Waals surface area contributed by atoms with Gasteiger partial charge in [-0.3, -0.25) is 0 Å². The van der Waals surface area contributed by atoms with Gasteiger partial charge in [-0.2, -0.15) is 0 Å². The first kappa shape index (κ1) is 15.6. The molecule has 0 saturated carbocycles. The fourth-order valence-electron chi connectivity index (χ4n) is 1.93. The number of sulfone groups is 1. The van der Waals surface area contributed by atoms with Gasteiger partial charge in [-0.1, -0.05) is 0 Å². The molecule has 112 valence electrons. The van der Waals surface area contributed by atoms with Crippen molar-refractivity contribution in [2.45, 2.75) is 16.3 Å². The Labute approximate surface area is 123 Å². The molecule has 1 fully saturated rings. The zero-order valence-corrected chi connectivity index (χ0v) is 13.0. The molecule has 1 aromatic rings. The van der Waals surface area contributed by atoms with E-state index < -0.39 is 31.3 Å². The van der Waals surface area contributed by atoms with E-state index in [9.17, 15) is 16.8 Å². The van der Waals surface area contributed by atoms with Crippen molar-refractivity contribution in [2.24, 2.45) is 0 Å². The topological polar surface area (TPSA) is 89.5 Å². The number of hydrogen-bond donors (Lipinski definition) is 1. The third kappa shape index (κ3) is 3.43. The van der Waals surface area contributed by atoms with Crippen LogP contribution in [0.25, 0.3) is 0 Å². The van der Waals surface area contributed by atoms with Crippen LogP contribution in [0, 0.1) is 0 Å². The second kappa shape index (κ2) is 5.51. The molecule has 0 aromatic heterocycles. The Morgan fingerprint density at radius 2 is 1.85 bits per heavy atom. The van der Waals surface area contributed by atoms with E-state index in [1.807, 2.05) is 0 Å². The smallest absolute Gasteiger partial charge is 0.240 e. The summed E-state index contributed by atoms with van der Waals surface area (Å²) < 4.78 is 54.4. The van der Waals surface area contributed by atoms with E-state index >= 15 is 0 Å². The van der Waals surface area contributed by atoms with Gasteiger partial charge in [-0.25, -0.2) is 21.6 Å². The Morgan fingerprint density at radius 3 is 2.30 bits per heavy atom. The number of halogens is 1. The lowest BCUT2D eigenvalue weighted by Gasteiger charge is -2.14. The minimum Gasteiger partial charge on any atom is -0.497 e. The molecule has 1 N–H and O–H groups in total. The van der Waals surface area contributed by atoms with Gasteiger partial charge in [-0.15, -0.1) is 11.6 Å². The molecule has 0 spiro atoms. The molecule has 20 heavy (non-hydrogen) atoms. The predicted molar refractivity (Wildman–Crippen MR) is 75.4 cm³/mol. The van der Waals surface area contributed by atoms with Crippen molar-refractivity contribution in [2.75, 3.05) is 18.6 Å². The zero-order valence-electron chi connectivity index (χ0n) is 10.6. The Kier molecular flexibility index (Phi) is 4.29. The van der Waals surface area contributed by atoms with Crippen molar-refractivity contribution in [1.29, 1.82) is 0 Å². The highest BCUT2D eigenvalue weighted by molar-refractivity contribution is 7.92. The van der Waals surface area contributed by atoms with Crippen molar-refractivity contribution < 1.29 is 21.6 Å². The van der Waals surface area contributed by atoms with Crippen LogP contribution in [0.4, 0.5) is 0 Å². The second-order valence-electron chi connectivity index (χ2n) is 4.50. The maximum atomic E-state index is 12.1. The van der Waals surface area contributed by atoms with Crippen LogP contribution in [-0.4, -0.2) is 46.9 Å². The molecule has 0 unspecified atom stereocenters. The van der Waals surface area contributed by atoms with Gasteiger partial charge in [0.25, 0.3) is 0 Å². The minimum absolute atomic E-state index is 0.0338. The molecule has 1 aromatic carbocycles. The molecule has 1 heterocycles. The van der Waals surface area contributed by atoms with Crippen LogP contribution in [0.2, 0.25) is 0 Å². The Balaban J connectivity index is 2.19. The van der Waals surface area contributed by atoms with E-state index in [0.717, 1.165) is 0 Å². The van der Waals surface area contributed by atoms with Crippen molar-refractivity contribution in [3.63, 3.8) is 0 Å². The van der Waals surface area contributed by atoms with Crippen LogP contribution < -0.4 is 9.46 Å². The van der Waals surface area contributed by atoms with E-state index in [2.05, 4.69) is 4.72 Å². The quantitative estimate of drug-likeness (QED) is 0.801.